The second kappa shape index (κ2) is 10.1. The minimum absolute atomic E-state index is 0. The molecule has 0 bridgehead atoms. The molecule has 0 spiro atoms. The number of rotatable bonds is 6. The van der Waals surface area contributed by atoms with Crippen LogP contribution in [0.15, 0.2) is 4.99 Å². The van der Waals surface area contributed by atoms with Crippen LogP contribution in [-0.2, 0) is 0 Å². The summed E-state index contributed by atoms with van der Waals surface area (Å²) in [7, 11) is 1.84. The van der Waals surface area contributed by atoms with Gasteiger partial charge in [-0.1, -0.05) is 6.92 Å². The standard InChI is InChI=1S/C14H30N4S.HI/c1-6-18-8-7-12(10-18)9-16-13(15-4)17-11-14(2,3)19-5;/h12H,6-11H2,1-5H3,(H2,15,16,17);1H. The third-order valence-electron chi connectivity index (χ3n) is 3.83. The van der Waals surface area contributed by atoms with Crippen LogP contribution in [0.2, 0.25) is 0 Å². The van der Waals surface area contributed by atoms with Crippen molar-refractivity contribution < 1.29 is 0 Å². The molecule has 2 N–H and O–H groups in total. The maximum Gasteiger partial charge on any atom is 0.191 e. The van der Waals surface area contributed by atoms with E-state index in [0.29, 0.717) is 0 Å². The van der Waals surface area contributed by atoms with E-state index in [2.05, 4.69) is 47.6 Å². The molecule has 1 aliphatic heterocycles. The number of hydrogen-bond acceptors (Lipinski definition) is 3. The fourth-order valence-electron chi connectivity index (χ4n) is 2.20. The van der Waals surface area contributed by atoms with E-state index in [-0.39, 0.29) is 28.7 Å². The van der Waals surface area contributed by atoms with E-state index in [9.17, 15) is 0 Å². The maximum atomic E-state index is 4.30. The van der Waals surface area contributed by atoms with Crippen molar-refractivity contribution in [1.82, 2.24) is 15.5 Å². The normalized spacial score (nSPS) is 20.6. The molecule has 1 aliphatic rings. The van der Waals surface area contributed by atoms with Crippen molar-refractivity contribution in [3.05, 3.63) is 0 Å². The van der Waals surface area contributed by atoms with E-state index >= 15 is 0 Å². The largest absolute Gasteiger partial charge is 0.356 e. The van der Waals surface area contributed by atoms with Crippen molar-refractivity contribution in [3.8, 4) is 0 Å². The molecule has 20 heavy (non-hydrogen) atoms. The number of thioether (sulfide) groups is 1. The molecule has 0 aromatic heterocycles. The van der Waals surface area contributed by atoms with Crippen molar-refractivity contribution >= 4 is 41.7 Å². The van der Waals surface area contributed by atoms with Gasteiger partial charge in [0.25, 0.3) is 0 Å². The molecule has 1 fully saturated rings. The molecule has 4 nitrogen and oxygen atoms in total. The molecule has 6 heteroatoms. The summed E-state index contributed by atoms with van der Waals surface area (Å²) < 4.78 is 0.240. The Labute approximate surface area is 145 Å². The zero-order valence-corrected chi connectivity index (χ0v) is 16.7. The summed E-state index contributed by atoms with van der Waals surface area (Å²) >= 11 is 1.87. The topological polar surface area (TPSA) is 39.7 Å². The summed E-state index contributed by atoms with van der Waals surface area (Å²) in [5, 5.41) is 6.87. The number of nitrogens with zero attached hydrogens (tertiary/aromatic N) is 2. The second-order valence-electron chi connectivity index (χ2n) is 5.82. The molecule has 0 aromatic carbocycles. The number of aliphatic imine (C=N–C) groups is 1. The number of guanidine groups is 1. The van der Waals surface area contributed by atoms with Crippen LogP contribution in [0.4, 0.5) is 0 Å². The number of nitrogens with one attached hydrogen (secondary N) is 2. The van der Waals surface area contributed by atoms with Crippen LogP contribution in [0.3, 0.4) is 0 Å². The van der Waals surface area contributed by atoms with Crippen molar-refractivity contribution in [3.63, 3.8) is 0 Å². The summed E-state index contributed by atoms with van der Waals surface area (Å²) in [6.07, 6.45) is 3.45. The van der Waals surface area contributed by atoms with Crippen molar-refractivity contribution in [2.75, 3.05) is 46.0 Å². The van der Waals surface area contributed by atoms with Gasteiger partial charge in [-0.25, -0.2) is 0 Å². The molecule has 0 saturated carbocycles. The first-order valence-corrected chi connectivity index (χ1v) is 8.45. The van der Waals surface area contributed by atoms with Gasteiger partial charge in [0.05, 0.1) is 0 Å². The van der Waals surface area contributed by atoms with Crippen LogP contribution in [0, 0.1) is 5.92 Å². The van der Waals surface area contributed by atoms with Gasteiger partial charge >= 0.3 is 0 Å². The van der Waals surface area contributed by atoms with Crippen molar-refractivity contribution in [2.24, 2.45) is 10.9 Å². The maximum absolute atomic E-state index is 4.30. The first-order chi connectivity index (χ1) is 9.00. The molecular formula is C14H31IN4S. The lowest BCUT2D eigenvalue weighted by Gasteiger charge is -2.24. The Morgan fingerprint density at radius 2 is 2.10 bits per heavy atom. The van der Waals surface area contributed by atoms with Gasteiger partial charge in [-0.05, 0) is 45.5 Å². The van der Waals surface area contributed by atoms with Gasteiger partial charge in [0.15, 0.2) is 5.96 Å². The SMILES string of the molecule is CCN1CCC(CNC(=NC)NCC(C)(C)SC)C1.I. The number of halogens is 1. The molecule has 1 unspecified atom stereocenters. The quantitative estimate of drug-likeness (QED) is 0.398. The zero-order chi connectivity index (χ0) is 14.3. The summed E-state index contributed by atoms with van der Waals surface area (Å²) in [6, 6.07) is 0. The Morgan fingerprint density at radius 1 is 1.40 bits per heavy atom. The first-order valence-electron chi connectivity index (χ1n) is 7.22. The third-order valence-corrected chi connectivity index (χ3v) is 5.08. The van der Waals surface area contributed by atoms with Crippen LogP contribution in [0.1, 0.15) is 27.2 Å². The zero-order valence-electron chi connectivity index (χ0n) is 13.5. The van der Waals surface area contributed by atoms with Crippen molar-refractivity contribution in [1.29, 1.82) is 0 Å². The Kier molecular flexibility index (Phi) is 10.3. The first kappa shape index (κ1) is 20.3. The van der Waals surface area contributed by atoms with Gasteiger partial charge in [0.1, 0.15) is 0 Å². The Morgan fingerprint density at radius 3 is 2.60 bits per heavy atom. The predicted molar refractivity (Wildman–Crippen MR) is 103 cm³/mol. The highest BCUT2D eigenvalue weighted by molar-refractivity contribution is 14.0. The molecule has 0 aliphatic carbocycles. The fraction of sp³-hybridized carbons (Fsp3) is 0.929. The minimum atomic E-state index is 0. The molecule has 0 amide bonds. The van der Waals surface area contributed by atoms with E-state index < -0.39 is 0 Å². The van der Waals surface area contributed by atoms with Crippen LogP contribution in [0.5, 0.6) is 0 Å². The van der Waals surface area contributed by atoms with Gasteiger partial charge in [0.2, 0.25) is 0 Å². The van der Waals surface area contributed by atoms with Crippen molar-refractivity contribution in [2.45, 2.75) is 31.9 Å². The number of hydrogen-bond donors (Lipinski definition) is 2. The fourth-order valence-corrected chi connectivity index (χ4v) is 2.41. The lowest BCUT2D eigenvalue weighted by Crippen LogP contribution is -2.44. The molecule has 0 radical (unpaired) electrons. The summed E-state index contributed by atoms with van der Waals surface area (Å²) in [6.45, 7) is 12.3. The molecule has 120 valence electrons. The Hall–Kier alpha value is 0.310. The van der Waals surface area contributed by atoms with E-state index in [1.54, 1.807) is 0 Å². The van der Waals surface area contributed by atoms with E-state index in [0.717, 1.165) is 25.0 Å². The molecule has 1 rings (SSSR count). The van der Waals surface area contributed by atoms with E-state index in [1.165, 1.54) is 26.1 Å². The molecule has 0 aromatic rings. The van der Waals surface area contributed by atoms with Gasteiger partial charge in [-0.3, -0.25) is 4.99 Å². The molecule has 1 atom stereocenters. The minimum Gasteiger partial charge on any atom is -0.356 e. The van der Waals surface area contributed by atoms with E-state index in [1.807, 2.05) is 18.8 Å². The summed E-state index contributed by atoms with van der Waals surface area (Å²) in [5.41, 5.74) is 0. The smallest absolute Gasteiger partial charge is 0.191 e. The van der Waals surface area contributed by atoms with Crippen LogP contribution >= 0.6 is 35.7 Å². The molecule has 1 saturated heterocycles. The Bertz CT molecular complexity index is 297. The monoisotopic (exact) mass is 414 g/mol. The highest BCUT2D eigenvalue weighted by Crippen LogP contribution is 2.19. The van der Waals surface area contributed by atoms with Gasteiger partial charge < -0.3 is 15.5 Å². The van der Waals surface area contributed by atoms with Crippen LogP contribution in [0.25, 0.3) is 0 Å². The van der Waals surface area contributed by atoms with Gasteiger partial charge in [-0.15, -0.1) is 24.0 Å². The van der Waals surface area contributed by atoms with Gasteiger partial charge in [-0.2, -0.15) is 11.8 Å². The lowest BCUT2D eigenvalue weighted by atomic mass is 10.1. The average molecular weight is 414 g/mol. The van der Waals surface area contributed by atoms with Crippen LogP contribution < -0.4 is 10.6 Å². The predicted octanol–water partition coefficient (Wildman–Crippen LogP) is 2.25. The summed E-state index contributed by atoms with van der Waals surface area (Å²) in [4.78, 5) is 6.81. The Balaban J connectivity index is 0.00000361. The second-order valence-corrected chi connectivity index (χ2v) is 7.33. The molecular weight excluding hydrogens is 383 g/mol. The van der Waals surface area contributed by atoms with Crippen LogP contribution in [-0.4, -0.2) is 61.6 Å². The highest BCUT2D eigenvalue weighted by Gasteiger charge is 2.21. The number of likely N-dealkylation sites (tertiary alicyclic amines) is 1. The lowest BCUT2D eigenvalue weighted by molar-refractivity contribution is 0.341. The third kappa shape index (κ3) is 7.36. The van der Waals surface area contributed by atoms with Gasteiger partial charge in [0, 0.05) is 31.4 Å². The highest BCUT2D eigenvalue weighted by atomic mass is 127. The average Bonchev–Trinajstić information content (AvgIpc) is 2.87. The summed E-state index contributed by atoms with van der Waals surface area (Å²) in [5.74, 6) is 1.68. The molecule has 1 heterocycles. The van der Waals surface area contributed by atoms with E-state index in [4.69, 9.17) is 0 Å².